The predicted molar refractivity (Wildman–Crippen MR) is 97.8 cm³/mol. The first-order valence-corrected chi connectivity index (χ1v) is 8.66. The number of carbonyl (C=O) groups excluding carboxylic acids is 2. The number of nitrogens with one attached hydrogen (secondary N) is 1. The van der Waals surface area contributed by atoms with Crippen molar-refractivity contribution in [1.82, 2.24) is 4.98 Å². The highest BCUT2D eigenvalue weighted by Crippen LogP contribution is 2.29. The topological polar surface area (TPSA) is 97.8 Å². The molecule has 0 fully saturated rings. The average Bonchev–Trinajstić information content (AvgIpc) is 3.02. The van der Waals surface area contributed by atoms with Crippen LogP contribution >= 0.6 is 11.3 Å². The molecule has 0 atom stereocenters. The number of esters is 1. The summed E-state index contributed by atoms with van der Waals surface area (Å²) in [5.74, 6) is -0.348. The van der Waals surface area contributed by atoms with Crippen LogP contribution in [0.15, 0.2) is 42.5 Å². The molecule has 0 unspecified atom stereocenters. The Labute approximate surface area is 153 Å². The lowest BCUT2D eigenvalue weighted by molar-refractivity contribution is -0.119. The highest BCUT2D eigenvalue weighted by Gasteiger charge is 2.12. The van der Waals surface area contributed by atoms with Gasteiger partial charge in [-0.25, -0.2) is 9.78 Å². The van der Waals surface area contributed by atoms with Crippen molar-refractivity contribution in [2.75, 3.05) is 18.5 Å². The van der Waals surface area contributed by atoms with Crippen molar-refractivity contribution < 1.29 is 24.2 Å². The average molecular weight is 372 g/mol. The molecule has 0 saturated heterocycles. The van der Waals surface area contributed by atoms with E-state index in [0.717, 1.165) is 16.0 Å². The molecular formula is C18H16N2O5S. The summed E-state index contributed by atoms with van der Waals surface area (Å²) in [4.78, 5) is 28.1. The fraction of sp³-hybridized carbons (Fsp3) is 0.167. The minimum absolute atomic E-state index is 0.0441. The van der Waals surface area contributed by atoms with Crippen molar-refractivity contribution in [3.63, 3.8) is 0 Å². The lowest BCUT2D eigenvalue weighted by Crippen LogP contribution is -2.20. The molecule has 3 rings (SSSR count). The first-order chi connectivity index (χ1) is 12.5. The zero-order valence-corrected chi connectivity index (χ0v) is 14.7. The first kappa shape index (κ1) is 17.7. The molecule has 0 spiro atoms. The minimum atomic E-state index is -0.647. The maximum Gasteiger partial charge on any atom is 0.338 e. The molecule has 7 nitrogen and oxygen atoms in total. The van der Waals surface area contributed by atoms with Gasteiger partial charge in [0.25, 0.3) is 5.91 Å². The molecule has 0 aliphatic heterocycles. The molecule has 3 aromatic rings. The Morgan fingerprint density at radius 1 is 1.19 bits per heavy atom. The maximum atomic E-state index is 12.0. The van der Waals surface area contributed by atoms with E-state index < -0.39 is 18.5 Å². The van der Waals surface area contributed by atoms with Crippen LogP contribution in [0.1, 0.15) is 17.3 Å². The van der Waals surface area contributed by atoms with E-state index in [1.807, 2.05) is 25.1 Å². The quantitative estimate of drug-likeness (QED) is 0.645. The van der Waals surface area contributed by atoms with Crippen LogP contribution in [0.3, 0.4) is 0 Å². The van der Waals surface area contributed by atoms with Crippen LogP contribution in [0.2, 0.25) is 0 Å². The van der Waals surface area contributed by atoms with Crippen LogP contribution < -0.4 is 10.1 Å². The number of fused-ring (bicyclic) bond motifs is 1. The van der Waals surface area contributed by atoms with Gasteiger partial charge in [0.15, 0.2) is 11.7 Å². The van der Waals surface area contributed by atoms with E-state index in [4.69, 9.17) is 9.47 Å². The van der Waals surface area contributed by atoms with Gasteiger partial charge >= 0.3 is 5.97 Å². The van der Waals surface area contributed by atoms with E-state index in [0.29, 0.717) is 11.7 Å². The molecule has 2 aromatic carbocycles. The number of thiazole rings is 1. The monoisotopic (exact) mass is 372 g/mol. The predicted octanol–water partition coefficient (Wildman–Crippen LogP) is 3.20. The van der Waals surface area contributed by atoms with Gasteiger partial charge < -0.3 is 14.6 Å². The van der Waals surface area contributed by atoms with Gasteiger partial charge in [0.2, 0.25) is 0 Å². The third-order valence-corrected chi connectivity index (χ3v) is 4.29. The van der Waals surface area contributed by atoms with Gasteiger partial charge in [-0.2, -0.15) is 0 Å². The lowest BCUT2D eigenvalue weighted by atomic mass is 10.2. The number of hydrogen-bond acceptors (Lipinski definition) is 7. The van der Waals surface area contributed by atoms with E-state index >= 15 is 0 Å². The van der Waals surface area contributed by atoms with Gasteiger partial charge in [-0.3, -0.25) is 10.1 Å². The number of phenolic OH excluding ortho intramolecular Hbond substituents is 1. The Balaban J connectivity index is 1.58. The second-order valence-electron chi connectivity index (χ2n) is 5.25. The molecule has 0 bridgehead atoms. The molecule has 0 saturated carbocycles. The number of hydrogen-bond donors (Lipinski definition) is 2. The smallest absolute Gasteiger partial charge is 0.338 e. The van der Waals surface area contributed by atoms with Crippen LogP contribution in [0.5, 0.6) is 11.5 Å². The van der Waals surface area contributed by atoms with Gasteiger partial charge in [0.1, 0.15) is 11.5 Å². The second-order valence-corrected chi connectivity index (χ2v) is 6.28. The standard InChI is InChI=1S/C18H16N2O5S/c1-2-24-13-7-8-14-15(9-13)26-18(19-14)20-16(22)10-25-17(23)11-3-5-12(21)6-4-11/h3-9,21H,2,10H2,1H3,(H,19,20,22). The number of ether oxygens (including phenoxy) is 2. The van der Waals surface area contributed by atoms with Crippen molar-refractivity contribution in [2.45, 2.75) is 6.92 Å². The van der Waals surface area contributed by atoms with Crippen molar-refractivity contribution in [1.29, 1.82) is 0 Å². The van der Waals surface area contributed by atoms with E-state index in [1.165, 1.54) is 35.6 Å². The first-order valence-electron chi connectivity index (χ1n) is 7.84. The minimum Gasteiger partial charge on any atom is -0.508 e. The third-order valence-electron chi connectivity index (χ3n) is 3.35. The molecule has 2 N–H and O–H groups in total. The molecule has 1 heterocycles. The van der Waals surface area contributed by atoms with Crippen molar-refractivity contribution in [3.8, 4) is 11.5 Å². The van der Waals surface area contributed by atoms with E-state index in [-0.39, 0.29) is 11.3 Å². The number of aromatic hydroxyl groups is 1. The molecule has 134 valence electrons. The largest absolute Gasteiger partial charge is 0.508 e. The second kappa shape index (κ2) is 7.83. The molecule has 1 aromatic heterocycles. The SMILES string of the molecule is CCOc1ccc2nc(NC(=O)COC(=O)c3ccc(O)cc3)sc2c1. The highest BCUT2D eigenvalue weighted by atomic mass is 32.1. The summed E-state index contributed by atoms with van der Waals surface area (Å²) < 4.78 is 11.3. The lowest BCUT2D eigenvalue weighted by Gasteiger charge is -2.04. The van der Waals surface area contributed by atoms with Gasteiger partial charge in [0, 0.05) is 0 Å². The maximum absolute atomic E-state index is 12.0. The van der Waals surface area contributed by atoms with Crippen molar-refractivity contribution in [2.24, 2.45) is 0 Å². The van der Waals surface area contributed by atoms with Crippen LogP contribution in [-0.4, -0.2) is 35.2 Å². The van der Waals surface area contributed by atoms with Crippen LogP contribution in [0.4, 0.5) is 5.13 Å². The number of benzene rings is 2. The summed E-state index contributed by atoms with van der Waals surface area (Å²) in [5.41, 5.74) is 0.994. The number of anilines is 1. The van der Waals surface area contributed by atoms with E-state index in [2.05, 4.69) is 10.3 Å². The molecule has 0 aliphatic carbocycles. The highest BCUT2D eigenvalue weighted by molar-refractivity contribution is 7.22. The molecular weight excluding hydrogens is 356 g/mol. The molecule has 8 heteroatoms. The Hall–Kier alpha value is -3.13. The number of nitrogens with zero attached hydrogens (tertiary/aromatic N) is 1. The van der Waals surface area contributed by atoms with Crippen LogP contribution in [-0.2, 0) is 9.53 Å². The van der Waals surface area contributed by atoms with Crippen LogP contribution in [0, 0.1) is 0 Å². The summed E-state index contributed by atoms with van der Waals surface area (Å²) in [6.45, 7) is 2.04. The molecule has 0 aliphatic rings. The number of aromatic nitrogens is 1. The van der Waals surface area contributed by atoms with Gasteiger partial charge in [0.05, 0.1) is 22.4 Å². The number of rotatable bonds is 6. The summed E-state index contributed by atoms with van der Waals surface area (Å²) in [7, 11) is 0. The summed E-state index contributed by atoms with van der Waals surface area (Å²) >= 11 is 1.31. The van der Waals surface area contributed by atoms with Gasteiger partial charge in [-0.05, 0) is 49.4 Å². The number of phenols is 1. The van der Waals surface area contributed by atoms with E-state index in [1.54, 1.807) is 0 Å². The Kier molecular flexibility index (Phi) is 5.33. The molecule has 1 amide bonds. The Morgan fingerprint density at radius 3 is 2.69 bits per heavy atom. The third kappa shape index (κ3) is 4.28. The number of carbonyl (C=O) groups is 2. The Bertz CT molecular complexity index is 936. The zero-order chi connectivity index (χ0) is 18.5. The molecule has 0 radical (unpaired) electrons. The Morgan fingerprint density at radius 2 is 1.96 bits per heavy atom. The van der Waals surface area contributed by atoms with Gasteiger partial charge in [-0.15, -0.1) is 0 Å². The summed E-state index contributed by atoms with van der Waals surface area (Å²) in [6, 6.07) is 11.1. The van der Waals surface area contributed by atoms with Crippen LogP contribution in [0.25, 0.3) is 10.2 Å². The van der Waals surface area contributed by atoms with Gasteiger partial charge in [-0.1, -0.05) is 11.3 Å². The zero-order valence-electron chi connectivity index (χ0n) is 13.9. The van der Waals surface area contributed by atoms with Crippen molar-refractivity contribution >= 4 is 38.6 Å². The fourth-order valence-electron chi connectivity index (χ4n) is 2.18. The van der Waals surface area contributed by atoms with E-state index in [9.17, 15) is 14.7 Å². The summed E-state index contributed by atoms with van der Waals surface area (Å²) in [6.07, 6.45) is 0. The molecule has 26 heavy (non-hydrogen) atoms. The fourth-order valence-corrected chi connectivity index (χ4v) is 3.09. The summed E-state index contributed by atoms with van der Waals surface area (Å²) in [5, 5.41) is 12.2. The van der Waals surface area contributed by atoms with Crippen molar-refractivity contribution in [3.05, 3.63) is 48.0 Å². The number of amides is 1. The normalized spacial score (nSPS) is 10.5.